The zero-order valence-corrected chi connectivity index (χ0v) is 32.6. The van der Waals surface area contributed by atoms with Crippen LogP contribution in [0.1, 0.15) is 122 Å². The van der Waals surface area contributed by atoms with E-state index in [9.17, 15) is 33.6 Å². The zero-order chi connectivity index (χ0) is 38.4. The minimum absolute atomic E-state index is 0.00255. The molecule has 2 saturated heterocycles. The second-order valence-corrected chi connectivity index (χ2v) is 17.4. The van der Waals surface area contributed by atoms with Gasteiger partial charge in [-0.3, -0.25) is 33.7 Å². The summed E-state index contributed by atoms with van der Waals surface area (Å²) in [5.74, 6) is -3.18. The Labute approximate surface area is 299 Å². The van der Waals surface area contributed by atoms with Crippen molar-refractivity contribution in [3.63, 3.8) is 0 Å². The number of ketones is 1. The molecule has 0 radical (unpaired) electrons. The van der Waals surface area contributed by atoms with Gasteiger partial charge in [0.25, 0.3) is 5.91 Å². The first kappa shape index (κ1) is 42.7. The standard InChI is InChI=1S/C37H64N6O7/c1-13-15-16-24(29(46)32(48)38-14-2)39-31(47)28-23(22(3)4)17-18-42(28)33(49)30(36(8,9)10)41-34(50)40-25(35(5,6)7)21-43-26(44)19-37(11,12)20-27(43)45/h22-25,28,30H,13-21H2,1-12H3,(H,38,48)(H,39,47)(H2,40,41,50)/t23-,24?,25-,28+,30-/m1/s1. The van der Waals surface area contributed by atoms with Gasteiger partial charge in [0.15, 0.2) is 0 Å². The lowest BCUT2D eigenvalue weighted by molar-refractivity contribution is -0.153. The molecule has 0 saturated carbocycles. The number of carbonyl (C=O) groups is 7. The van der Waals surface area contributed by atoms with Crippen LogP contribution in [0.4, 0.5) is 4.79 Å². The fourth-order valence-corrected chi connectivity index (χ4v) is 6.72. The van der Waals surface area contributed by atoms with E-state index in [1.807, 2.05) is 76.2 Å². The molecule has 0 aliphatic carbocycles. The monoisotopic (exact) mass is 704 g/mol. The van der Waals surface area contributed by atoms with Crippen LogP contribution in [0.15, 0.2) is 0 Å². The van der Waals surface area contributed by atoms with E-state index in [0.29, 0.717) is 19.3 Å². The van der Waals surface area contributed by atoms with Crippen molar-refractivity contribution >= 4 is 41.4 Å². The molecule has 0 spiro atoms. The van der Waals surface area contributed by atoms with Gasteiger partial charge in [0.2, 0.25) is 29.4 Å². The van der Waals surface area contributed by atoms with Crippen molar-refractivity contribution in [3.05, 3.63) is 0 Å². The Kier molecular flexibility index (Phi) is 14.6. The molecule has 13 heteroatoms. The molecular weight excluding hydrogens is 640 g/mol. The van der Waals surface area contributed by atoms with E-state index in [1.165, 1.54) is 9.80 Å². The molecule has 2 fully saturated rings. The van der Waals surface area contributed by atoms with E-state index < -0.39 is 69.9 Å². The first-order valence-electron chi connectivity index (χ1n) is 18.3. The molecule has 284 valence electrons. The molecule has 2 heterocycles. The molecule has 5 atom stereocenters. The van der Waals surface area contributed by atoms with Crippen molar-refractivity contribution in [1.29, 1.82) is 0 Å². The molecule has 2 aliphatic heterocycles. The number of carbonyl (C=O) groups excluding carboxylic acids is 7. The van der Waals surface area contributed by atoms with E-state index in [2.05, 4.69) is 21.3 Å². The van der Waals surface area contributed by atoms with Gasteiger partial charge in [0, 0.05) is 32.5 Å². The first-order valence-corrected chi connectivity index (χ1v) is 18.3. The predicted molar refractivity (Wildman–Crippen MR) is 191 cm³/mol. The molecule has 50 heavy (non-hydrogen) atoms. The van der Waals surface area contributed by atoms with E-state index in [4.69, 9.17) is 0 Å². The van der Waals surface area contributed by atoms with Gasteiger partial charge in [-0.1, -0.05) is 89.0 Å². The minimum Gasteiger partial charge on any atom is -0.350 e. The Morgan fingerprint density at radius 2 is 1.46 bits per heavy atom. The zero-order valence-electron chi connectivity index (χ0n) is 32.6. The lowest BCUT2D eigenvalue weighted by Crippen LogP contribution is -2.63. The molecule has 1 unspecified atom stereocenters. The Balaban J connectivity index is 2.34. The number of rotatable bonds is 14. The van der Waals surface area contributed by atoms with Crippen molar-refractivity contribution in [2.45, 2.75) is 146 Å². The average Bonchev–Trinajstić information content (AvgIpc) is 3.43. The van der Waals surface area contributed by atoms with Crippen LogP contribution in [0.5, 0.6) is 0 Å². The molecule has 0 aromatic heterocycles. The molecule has 0 bridgehead atoms. The molecule has 7 amide bonds. The van der Waals surface area contributed by atoms with Crippen LogP contribution in [-0.4, -0.2) is 95.0 Å². The highest BCUT2D eigenvalue weighted by atomic mass is 16.2. The van der Waals surface area contributed by atoms with Gasteiger partial charge in [-0.05, 0) is 47.8 Å². The van der Waals surface area contributed by atoms with Crippen LogP contribution in [0.2, 0.25) is 0 Å². The highest BCUT2D eigenvalue weighted by Crippen LogP contribution is 2.34. The topological polar surface area (TPSA) is 174 Å². The van der Waals surface area contributed by atoms with Crippen LogP contribution in [0.25, 0.3) is 0 Å². The number of nitrogens with one attached hydrogen (secondary N) is 4. The maximum absolute atomic E-state index is 14.4. The van der Waals surface area contributed by atoms with Crippen LogP contribution in [0, 0.1) is 28.1 Å². The van der Waals surface area contributed by atoms with Gasteiger partial charge in [-0.15, -0.1) is 0 Å². The Morgan fingerprint density at radius 1 is 0.880 bits per heavy atom. The van der Waals surface area contributed by atoms with Crippen molar-refractivity contribution in [1.82, 2.24) is 31.1 Å². The summed E-state index contributed by atoms with van der Waals surface area (Å²) in [6, 6.07) is -4.24. The summed E-state index contributed by atoms with van der Waals surface area (Å²) >= 11 is 0. The summed E-state index contributed by atoms with van der Waals surface area (Å²) in [6.45, 7) is 23.1. The number of imide groups is 1. The average molecular weight is 705 g/mol. The highest BCUT2D eigenvalue weighted by Gasteiger charge is 2.48. The summed E-state index contributed by atoms with van der Waals surface area (Å²) in [5.41, 5.74) is -1.75. The van der Waals surface area contributed by atoms with Gasteiger partial charge in [0.05, 0.1) is 12.1 Å². The molecule has 2 aliphatic rings. The van der Waals surface area contributed by atoms with E-state index in [1.54, 1.807) is 6.92 Å². The number of likely N-dealkylation sites (tertiary alicyclic amines) is 2. The van der Waals surface area contributed by atoms with Crippen LogP contribution < -0.4 is 21.3 Å². The van der Waals surface area contributed by atoms with Gasteiger partial charge in [0.1, 0.15) is 12.1 Å². The van der Waals surface area contributed by atoms with Crippen molar-refractivity contribution < 1.29 is 33.6 Å². The summed E-state index contributed by atoms with van der Waals surface area (Å²) < 4.78 is 0. The molecule has 0 aromatic carbocycles. The van der Waals surface area contributed by atoms with Crippen LogP contribution >= 0.6 is 0 Å². The maximum Gasteiger partial charge on any atom is 0.315 e. The summed E-state index contributed by atoms with van der Waals surface area (Å²) in [6.07, 6.45) is 2.68. The normalized spacial score (nSPS) is 21.4. The van der Waals surface area contributed by atoms with Crippen molar-refractivity contribution in [2.75, 3.05) is 19.6 Å². The molecule has 4 N–H and O–H groups in total. The third kappa shape index (κ3) is 11.2. The summed E-state index contributed by atoms with van der Waals surface area (Å²) in [5, 5.41) is 11.1. The van der Waals surface area contributed by atoms with Crippen molar-refractivity contribution in [2.24, 2.45) is 28.1 Å². The SMILES string of the molecule is CCCCC(NC(=O)[C@@H]1[C@@H](C(C)C)CCN1C(=O)[C@@H](NC(=O)N[C@H](CN1C(=O)CC(C)(C)CC1=O)C(C)(C)C)C(C)(C)C)C(=O)C(=O)NCC. The quantitative estimate of drug-likeness (QED) is 0.158. The van der Waals surface area contributed by atoms with Gasteiger partial charge in [-0.2, -0.15) is 0 Å². The number of hydrogen-bond acceptors (Lipinski definition) is 7. The number of nitrogens with zero attached hydrogens (tertiary/aromatic N) is 2. The fourth-order valence-electron chi connectivity index (χ4n) is 6.72. The minimum atomic E-state index is -1.05. The molecular formula is C37H64N6O7. The number of piperidine rings is 1. The summed E-state index contributed by atoms with van der Waals surface area (Å²) in [7, 11) is 0. The van der Waals surface area contributed by atoms with Crippen LogP contribution in [0.3, 0.4) is 0 Å². The lowest BCUT2D eigenvalue weighted by Gasteiger charge is -2.40. The number of urea groups is 1. The smallest absolute Gasteiger partial charge is 0.315 e. The predicted octanol–water partition coefficient (Wildman–Crippen LogP) is 3.54. The van der Waals surface area contributed by atoms with Gasteiger partial charge >= 0.3 is 6.03 Å². The number of unbranched alkanes of at least 4 members (excludes halogenated alkanes) is 1. The van der Waals surface area contributed by atoms with E-state index in [0.717, 1.165) is 6.42 Å². The molecule has 13 nitrogen and oxygen atoms in total. The van der Waals surface area contributed by atoms with Gasteiger partial charge in [-0.25, -0.2) is 4.79 Å². The lowest BCUT2D eigenvalue weighted by atomic mass is 9.80. The first-order chi connectivity index (χ1) is 22.9. The second kappa shape index (κ2) is 17.1. The molecule has 0 aromatic rings. The summed E-state index contributed by atoms with van der Waals surface area (Å²) in [4.78, 5) is 96.2. The van der Waals surface area contributed by atoms with E-state index >= 15 is 0 Å². The van der Waals surface area contributed by atoms with Crippen molar-refractivity contribution in [3.8, 4) is 0 Å². The number of hydrogen-bond donors (Lipinski definition) is 4. The van der Waals surface area contributed by atoms with E-state index in [-0.39, 0.29) is 56.1 Å². The second-order valence-electron chi connectivity index (χ2n) is 17.4. The number of likely N-dealkylation sites (N-methyl/N-ethyl adjacent to an activating group) is 1. The highest BCUT2D eigenvalue weighted by molar-refractivity contribution is 6.38. The Morgan fingerprint density at radius 3 is 1.94 bits per heavy atom. The largest absolute Gasteiger partial charge is 0.350 e. The van der Waals surface area contributed by atoms with Gasteiger partial charge < -0.3 is 26.2 Å². The Hall–Kier alpha value is -3.51. The maximum atomic E-state index is 14.4. The third-order valence-corrected chi connectivity index (χ3v) is 9.86. The third-order valence-electron chi connectivity index (χ3n) is 9.86. The number of amides is 7. The molecule has 2 rings (SSSR count). The fraction of sp³-hybridized carbons (Fsp3) is 0.811. The number of Topliss-reactive ketones (excluding diaryl/α,β-unsaturated/α-hetero) is 1. The Bertz CT molecular complexity index is 1260. The van der Waals surface area contributed by atoms with Crippen LogP contribution in [-0.2, 0) is 28.8 Å².